The van der Waals surface area contributed by atoms with E-state index in [0.717, 1.165) is 0 Å². The molecule has 0 bridgehead atoms. The van der Waals surface area contributed by atoms with E-state index in [-0.39, 0.29) is 22.8 Å². The summed E-state index contributed by atoms with van der Waals surface area (Å²) in [5, 5.41) is 18.9. The van der Waals surface area contributed by atoms with Crippen LogP contribution in [0.4, 0.5) is 0 Å². The van der Waals surface area contributed by atoms with Crippen molar-refractivity contribution in [3.8, 4) is 24.0 Å². The highest BCUT2D eigenvalue weighted by Crippen LogP contribution is 2.63. The summed E-state index contributed by atoms with van der Waals surface area (Å²) >= 11 is 0. The van der Waals surface area contributed by atoms with Crippen molar-refractivity contribution < 1.29 is 19.1 Å². The number of carbonyl (C=O) groups is 3. The van der Waals surface area contributed by atoms with Gasteiger partial charge in [0.1, 0.15) is 12.1 Å². The van der Waals surface area contributed by atoms with Crippen molar-refractivity contribution in [3.63, 3.8) is 0 Å². The van der Waals surface area contributed by atoms with E-state index in [0.29, 0.717) is 18.4 Å². The third-order valence-electron chi connectivity index (χ3n) is 6.50. The lowest BCUT2D eigenvalue weighted by molar-refractivity contribution is -0.133. The van der Waals surface area contributed by atoms with E-state index < -0.39 is 28.0 Å². The zero-order chi connectivity index (χ0) is 21.6. The number of methoxy groups -OCH3 is 1. The minimum Gasteiger partial charge on any atom is -0.459 e. The summed E-state index contributed by atoms with van der Waals surface area (Å²) in [4.78, 5) is 37.0. The summed E-state index contributed by atoms with van der Waals surface area (Å²) in [7, 11) is 1.22. The molecular formula is C23H20N2O4. The zero-order valence-corrected chi connectivity index (χ0v) is 16.8. The third kappa shape index (κ3) is 2.82. The quantitative estimate of drug-likeness (QED) is 0.358. The smallest absolute Gasteiger partial charge is 0.384 e. The summed E-state index contributed by atoms with van der Waals surface area (Å²) in [5.74, 6) is 3.84. The van der Waals surface area contributed by atoms with Gasteiger partial charge >= 0.3 is 5.97 Å². The highest BCUT2D eigenvalue weighted by molar-refractivity contribution is 6.10. The Hall–Kier alpha value is -3.43. The Morgan fingerprint density at radius 1 is 1.14 bits per heavy atom. The van der Waals surface area contributed by atoms with E-state index in [4.69, 9.17) is 0 Å². The normalized spacial score (nSPS) is 31.9. The van der Waals surface area contributed by atoms with Gasteiger partial charge in [0.25, 0.3) is 0 Å². The average molecular weight is 388 g/mol. The SMILES string of the molecule is COC(=O)C#C[C@]12C=C(C#N)C(=O)C=C1[C@@]1(C)C=C(C#N)C(=O)C(C)(C)[C@@H]1CC2. The molecule has 3 aliphatic rings. The number of hydrogen-bond acceptors (Lipinski definition) is 6. The number of fused-ring (bicyclic) bond motifs is 3. The Bertz CT molecular complexity index is 1080. The average Bonchev–Trinajstić information content (AvgIpc) is 2.69. The second kappa shape index (κ2) is 6.57. The molecule has 0 aromatic rings. The fraction of sp³-hybridized carbons (Fsp3) is 0.435. The van der Waals surface area contributed by atoms with Crippen molar-refractivity contribution in [2.24, 2.45) is 22.2 Å². The molecule has 29 heavy (non-hydrogen) atoms. The maximum atomic E-state index is 12.8. The molecule has 0 amide bonds. The minimum atomic E-state index is -1.02. The van der Waals surface area contributed by atoms with Gasteiger partial charge in [0.05, 0.1) is 23.7 Å². The fourth-order valence-electron chi connectivity index (χ4n) is 5.14. The zero-order valence-electron chi connectivity index (χ0n) is 16.8. The van der Waals surface area contributed by atoms with Crippen LogP contribution in [0, 0.1) is 56.7 Å². The molecule has 0 aliphatic heterocycles. The second-order valence-corrected chi connectivity index (χ2v) is 8.40. The van der Waals surface area contributed by atoms with Crippen LogP contribution in [0.1, 0.15) is 33.6 Å². The number of rotatable bonds is 0. The van der Waals surface area contributed by atoms with Crippen molar-refractivity contribution in [1.29, 1.82) is 10.5 Å². The van der Waals surface area contributed by atoms with E-state index in [1.807, 2.05) is 32.9 Å². The molecule has 6 heteroatoms. The maximum absolute atomic E-state index is 12.8. The van der Waals surface area contributed by atoms with Gasteiger partial charge in [-0.15, -0.1) is 0 Å². The number of nitriles is 2. The first kappa shape index (κ1) is 20.3. The Balaban J connectivity index is 2.30. The highest BCUT2D eigenvalue weighted by Gasteiger charge is 2.59. The highest BCUT2D eigenvalue weighted by atomic mass is 16.5. The summed E-state index contributed by atoms with van der Waals surface area (Å²) < 4.78 is 4.62. The topological polar surface area (TPSA) is 108 Å². The van der Waals surface area contributed by atoms with Crippen molar-refractivity contribution in [2.45, 2.75) is 33.6 Å². The molecule has 0 unspecified atom stereocenters. The molecule has 0 heterocycles. The molecule has 0 N–H and O–H groups in total. The monoisotopic (exact) mass is 388 g/mol. The van der Waals surface area contributed by atoms with E-state index >= 15 is 0 Å². The number of ketones is 2. The van der Waals surface area contributed by atoms with Crippen LogP contribution in [0.2, 0.25) is 0 Å². The maximum Gasteiger partial charge on any atom is 0.384 e. The van der Waals surface area contributed by atoms with Crippen LogP contribution in [0.15, 0.2) is 34.9 Å². The number of ether oxygens (including phenoxy) is 1. The largest absolute Gasteiger partial charge is 0.459 e. The number of hydrogen-bond donors (Lipinski definition) is 0. The predicted molar refractivity (Wildman–Crippen MR) is 102 cm³/mol. The van der Waals surface area contributed by atoms with Crippen molar-refractivity contribution in [1.82, 2.24) is 0 Å². The van der Waals surface area contributed by atoms with Crippen LogP contribution in [-0.2, 0) is 19.1 Å². The van der Waals surface area contributed by atoms with Crippen molar-refractivity contribution >= 4 is 17.5 Å². The number of esters is 1. The van der Waals surface area contributed by atoms with Gasteiger partial charge in [0, 0.05) is 16.8 Å². The molecule has 3 rings (SSSR count). The molecule has 0 spiro atoms. The van der Waals surface area contributed by atoms with Gasteiger partial charge in [-0.1, -0.05) is 32.8 Å². The van der Waals surface area contributed by atoms with Crippen LogP contribution >= 0.6 is 0 Å². The van der Waals surface area contributed by atoms with Gasteiger partial charge < -0.3 is 4.74 Å². The summed E-state index contributed by atoms with van der Waals surface area (Å²) in [6.45, 7) is 5.52. The first-order chi connectivity index (χ1) is 13.6. The molecule has 0 aromatic carbocycles. The van der Waals surface area contributed by atoms with Crippen LogP contribution in [0.5, 0.6) is 0 Å². The van der Waals surface area contributed by atoms with Crippen LogP contribution in [0.3, 0.4) is 0 Å². The van der Waals surface area contributed by atoms with Crippen LogP contribution in [0.25, 0.3) is 0 Å². The summed E-state index contributed by atoms with van der Waals surface area (Å²) in [6, 6.07) is 3.89. The molecular weight excluding hydrogens is 368 g/mol. The summed E-state index contributed by atoms with van der Waals surface area (Å²) in [6.07, 6.45) is 5.55. The van der Waals surface area contributed by atoms with E-state index in [1.165, 1.54) is 19.3 Å². The van der Waals surface area contributed by atoms with Crippen LogP contribution in [-0.4, -0.2) is 24.6 Å². The molecule has 0 aromatic heterocycles. The lowest BCUT2D eigenvalue weighted by Crippen LogP contribution is -2.53. The molecule has 146 valence electrons. The van der Waals surface area contributed by atoms with Gasteiger partial charge in [-0.2, -0.15) is 10.5 Å². The number of nitrogens with zero attached hydrogens (tertiary/aromatic N) is 2. The van der Waals surface area contributed by atoms with Gasteiger partial charge in [0.15, 0.2) is 11.6 Å². The first-order valence-corrected chi connectivity index (χ1v) is 9.24. The van der Waals surface area contributed by atoms with Gasteiger partial charge in [-0.3, -0.25) is 9.59 Å². The van der Waals surface area contributed by atoms with Crippen molar-refractivity contribution in [2.75, 3.05) is 7.11 Å². The third-order valence-corrected chi connectivity index (χ3v) is 6.50. The Labute approximate surface area is 169 Å². The van der Waals surface area contributed by atoms with Crippen LogP contribution < -0.4 is 0 Å². The molecule has 1 saturated carbocycles. The molecule has 6 nitrogen and oxygen atoms in total. The molecule has 1 fully saturated rings. The Kier molecular flexibility index (Phi) is 4.60. The lowest BCUT2D eigenvalue weighted by atomic mass is 9.45. The lowest BCUT2D eigenvalue weighted by Gasteiger charge is -2.56. The molecule has 3 aliphatic carbocycles. The first-order valence-electron chi connectivity index (χ1n) is 9.24. The van der Waals surface area contributed by atoms with E-state index in [1.54, 1.807) is 6.08 Å². The Morgan fingerprint density at radius 2 is 1.79 bits per heavy atom. The van der Waals surface area contributed by atoms with Crippen molar-refractivity contribution in [3.05, 3.63) is 34.9 Å². The fourth-order valence-corrected chi connectivity index (χ4v) is 5.14. The molecule has 3 atom stereocenters. The van der Waals surface area contributed by atoms with Gasteiger partial charge in [0.2, 0.25) is 0 Å². The molecule has 0 radical (unpaired) electrons. The molecule has 0 saturated heterocycles. The van der Waals surface area contributed by atoms with E-state index in [2.05, 4.69) is 16.6 Å². The predicted octanol–water partition coefficient (Wildman–Crippen LogP) is 2.58. The summed E-state index contributed by atoms with van der Waals surface area (Å²) in [5.41, 5.74) is -2.01. The number of Topliss-reactive ketones (excluding diaryl/α,β-unsaturated/α-hetero) is 1. The second-order valence-electron chi connectivity index (χ2n) is 8.40. The standard InChI is InChI=1S/C23H20N2O4/c1-21(2)17-5-7-23(8-6-19(27)29-4)11-14(12-24)16(26)9-18(23)22(17,3)10-15(13-25)20(21)28/h9-11,17H,5,7H2,1-4H3/t17-,22-,23+/m0/s1. The number of carbonyl (C=O) groups excluding carboxylic acids is 3. The minimum absolute atomic E-state index is 0.0365. The number of allylic oxidation sites excluding steroid dienone is 6. The van der Waals surface area contributed by atoms with E-state index in [9.17, 15) is 24.9 Å². The Morgan fingerprint density at radius 3 is 2.38 bits per heavy atom. The van der Waals surface area contributed by atoms with Gasteiger partial charge in [-0.25, -0.2) is 4.79 Å². The van der Waals surface area contributed by atoms with Gasteiger partial charge in [-0.05, 0) is 36.5 Å².